The minimum absolute atomic E-state index is 0.0199. The van der Waals surface area contributed by atoms with Gasteiger partial charge in [-0.3, -0.25) is 0 Å². The molecule has 0 saturated heterocycles. The van der Waals surface area contributed by atoms with Crippen LogP contribution < -0.4 is 5.32 Å². The van der Waals surface area contributed by atoms with Gasteiger partial charge in [-0.25, -0.2) is 0 Å². The fourth-order valence-corrected chi connectivity index (χ4v) is 1.89. The molecule has 0 saturated carbocycles. The number of aliphatic hydroxyl groups is 1. The highest BCUT2D eigenvalue weighted by Crippen LogP contribution is 2.15. The summed E-state index contributed by atoms with van der Waals surface area (Å²) < 4.78 is 10.6. The van der Waals surface area contributed by atoms with Gasteiger partial charge in [0, 0.05) is 18.5 Å². The van der Waals surface area contributed by atoms with E-state index >= 15 is 0 Å². The van der Waals surface area contributed by atoms with Gasteiger partial charge in [-0.2, -0.15) is 0 Å². The first-order valence-electron chi connectivity index (χ1n) is 6.93. The van der Waals surface area contributed by atoms with Crippen LogP contribution in [0.3, 0.4) is 0 Å². The average molecular weight is 302 g/mol. The van der Waals surface area contributed by atoms with Crippen molar-refractivity contribution in [1.82, 2.24) is 5.32 Å². The standard InChI is InChI=1S/C15H24ClNO3/c1-13(15(18)14-5-3-2-4-6-14)17-8-10-20-12-11-19-9-7-16/h2-6,13,15,17-18H,7-12H2,1H3. The second kappa shape index (κ2) is 11.1. The van der Waals surface area contributed by atoms with E-state index in [2.05, 4.69) is 5.32 Å². The van der Waals surface area contributed by atoms with Crippen LogP contribution in [0.5, 0.6) is 0 Å². The number of halogens is 1. The molecule has 2 atom stereocenters. The molecule has 5 heteroatoms. The molecule has 0 aromatic heterocycles. The zero-order valence-corrected chi connectivity index (χ0v) is 12.7. The van der Waals surface area contributed by atoms with Crippen molar-refractivity contribution in [1.29, 1.82) is 0 Å². The second-order valence-electron chi connectivity index (χ2n) is 4.51. The number of hydrogen-bond acceptors (Lipinski definition) is 4. The van der Waals surface area contributed by atoms with Gasteiger partial charge in [0.15, 0.2) is 0 Å². The van der Waals surface area contributed by atoms with Gasteiger partial charge < -0.3 is 19.9 Å². The van der Waals surface area contributed by atoms with E-state index in [1.165, 1.54) is 0 Å². The largest absolute Gasteiger partial charge is 0.387 e. The van der Waals surface area contributed by atoms with Crippen molar-refractivity contribution >= 4 is 11.6 Å². The van der Waals surface area contributed by atoms with Gasteiger partial charge in [-0.1, -0.05) is 30.3 Å². The molecule has 2 N–H and O–H groups in total. The van der Waals surface area contributed by atoms with Crippen molar-refractivity contribution in [3.05, 3.63) is 35.9 Å². The Balaban J connectivity index is 2.07. The molecule has 0 fully saturated rings. The third kappa shape index (κ3) is 7.22. The van der Waals surface area contributed by atoms with E-state index in [9.17, 15) is 5.11 Å². The lowest BCUT2D eigenvalue weighted by Gasteiger charge is -2.20. The maximum absolute atomic E-state index is 10.2. The number of rotatable bonds is 11. The van der Waals surface area contributed by atoms with E-state index in [0.717, 1.165) is 5.56 Å². The molecule has 1 aromatic rings. The number of alkyl halides is 1. The van der Waals surface area contributed by atoms with Crippen molar-refractivity contribution in [2.75, 3.05) is 38.9 Å². The fraction of sp³-hybridized carbons (Fsp3) is 0.600. The third-order valence-electron chi connectivity index (χ3n) is 2.92. The normalized spacial score (nSPS) is 14.2. The topological polar surface area (TPSA) is 50.7 Å². The summed E-state index contributed by atoms with van der Waals surface area (Å²) in [6.07, 6.45) is -0.511. The number of aliphatic hydroxyl groups excluding tert-OH is 1. The molecule has 0 radical (unpaired) electrons. The van der Waals surface area contributed by atoms with Crippen LogP contribution in [0.2, 0.25) is 0 Å². The summed E-state index contributed by atoms with van der Waals surface area (Å²) in [7, 11) is 0. The van der Waals surface area contributed by atoms with Gasteiger partial charge in [0.1, 0.15) is 0 Å². The van der Waals surface area contributed by atoms with E-state index < -0.39 is 6.10 Å². The van der Waals surface area contributed by atoms with Gasteiger partial charge in [0.05, 0.1) is 32.5 Å². The van der Waals surface area contributed by atoms with Crippen LogP contribution in [0.15, 0.2) is 30.3 Å². The predicted octanol–water partition coefficient (Wildman–Crippen LogP) is 1.97. The molecule has 0 spiro atoms. The Hall–Kier alpha value is -0.650. The highest BCUT2D eigenvalue weighted by molar-refractivity contribution is 6.17. The van der Waals surface area contributed by atoms with Crippen molar-refractivity contribution < 1.29 is 14.6 Å². The molecule has 0 aliphatic heterocycles. The molecule has 0 aliphatic carbocycles. The smallest absolute Gasteiger partial charge is 0.0940 e. The van der Waals surface area contributed by atoms with Gasteiger partial charge in [0.25, 0.3) is 0 Å². The molecule has 0 amide bonds. The minimum atomic E-state index is -0.511. The lowest BCUT2D eigenvalue weighted by Crippen LogP contribution is -2.34. The summed E-state index contributed by atoms with van der Waals surface area (Å²) in [6.45, 7) is 4.93. The Bertz CT molecular complexity index is 337. The van der Waals surface area contributed by atoms with Crippen LogP contribution in [0.4, 0.5) is 0 Å². The first-order valence-corrected chi connectivity index (χ1v) is 7.47. The Kier molecular flexibility index (Phi) is 9.62. The van der Waals surface area contributed by atoms with Gasteiger partial charge in [-0.15, -0.1) is 11.6 Å². The number of nitrogens with one attached hydrogen (secondary N) is 1. The van der Waals surface area contributed by atoms with E-state index in [-0.39, 0.29) is 6.04 Å². The Morgan fingerprint density at radius 3 is 2.40 bits per heavy atom. The summed E-state index contributed by atoms with van der Waals surface area (Å²) in [6, 6.07) is 9.62. The van der Waals surface area contributed by atoms with Gasteiger partial charge >= 0.3 is 0 Å². The van der Waals surface area contributed by atoms with Crippen molar-refractivity contribution in [2.24, 2.45) is 0 Å². The van der Waals surface area contributed by atoms with Crippen LogP contribution >= 0.6 is 11.6 Å². The molecule has 0 aliphatic rings. The van der Waals surface area contributed by atoms with E-state index in [4.69, 9.17) is 21.1 Å². The van der Waals surface area contributed by atoms with E-state index in [0.29, 0.717) is 38.9 Å². The van der Waals surface area contributed by atoms with Crippen molar-refractivity contribution in [2.45, 2.75) is 19.1 Å². The first-order chi connectivity index (χ1) is 9.75. The molecule has 4 nitrogen and oxygen atoms in total. The monoisotopic (exact) mass is 301 g/mol. The summed E-state index contributed by atoms with van der Waals surface area (Å²) in [5.41, 5.74) is 0.919. The van der Waals surface area contributed by atoms with Crippen molar-refractivity contribution in [3.8, 4) is 0 Å². The number of hydrogen-bond donors (Lipinski definition) is 2. The van der Waals surface area contributed by atoms with Gasteiger partial charge in [-0.05, 0) is 12.5 Å². The minimum Gasteiger partial charge on any atom is -0.387 e. The quantitative estimate of drug-likeness (QED) is 0.485. The number of benzene rings is 1. The highest BCUT2D eigenvalue weighted by Gasteiger charge is 2.14. The summed E-state index contributed by atoms with van der Waals surface area (Å²) >= 11 is 5.48. The van der Waals surface area contributed by atoms with E-state index in [1.54, 1.807) is 0 Å². The van der Waals surface area contributed by atoms with E-state index in [1.807, 2.05) is 37.3 Å². The maximum Gasteiger partial charge on any atom is 0.0940 e. The Labute approximate surface area is 126 Å². The van der Waals surface area contributed by atoms with Crippen LogP contribution in [0.1, 0.15) is 18.6 Å². The molecular formula is C15H24ClNO3. The molecule has 1 rings (SSSR count). The summed E-state index contributed by atoms with van der Waals surface area (Å²) in [5.74, 6) is 0.510. The molecule has 114 valence electrons. The fourth-order valence-electron chi connectivity index (χ4n) is 1.79. The van der Waals surface area contributed by atoms with Crippen molar-refractivity contribution in [3.63, 3.8) is 0 Å². The van der Waals surface area contributed by atoms with Crippen LogP contribution in [-0.4, -0.2) is 50.0 Å². The summed E-state index contributed by atoms with van der Waals surface area (Å²) in [4.78, 5) is 0. The molecule has 2 unspecified atom stereocenters. The van der Waals surface area contributed by atoms with Crippen LogP contribution in [0, 0.1) is 0 Å². The zero-order chi connectivity index (χ0) is 14.6. The lowest BCUT2D eigenvalue weighted by molar-refractivity contribution is 0.0515. The SMILES string of the molecule is CC(NCCOCCOCCCl)C(O)c1ccccc1. The third-order valence-corrected chi connectivity index (χ3v) is 3.08. The molecule has 0 bridgehead atoms. The second-order valence-corrected chi connectivity index (χ2v) is 4.89. The van der Waals surface area contributed by atoms with Crippen LogP contribution in [-0.2, 0) is 9.47 Å². The van der Waals surface area contributed by atoms with Gasteiger partial charge in [0.2, 0.25) is 0 Å². The average Bonchev–Trinajstić information content (AvgIpc) is 2.50. The Morgan fingerprint density at radius 1 is 1.10 bits per heavy atom. The summed E-state index contributed by atoms with van der Waals surface area (Å²) in [5, 5.41) is 13.4. The molecular weight excluding hydrogens is 278 g/mol. The molecule has 1 aromatic carbocycles. The molecule has 0 heterocycles. The molecule has 20 heavy (non-hydrogen) atoms. The lowest BCUT2D eigenvalue weighted by atomic mass is 10.0. The van der Waals surface area contributed by atoms with Crippen LogP contribution in [0.25, 0.3) is 0 Å². The predicted molar refractivity (Wildman–Crippen MR) is 81.2 cm³/mol. The zero-order valence-electron chi connectivity index (χ0n) is 11.9. The number of ether oxygens (including phenoxy) is 2. The first kappa shape index (κ1) is 17.4. The maximum atomic E-state index is 10.2. The Morgan fingerprint density at radius 2 is 1.75 bits per heavy atom. The highest BCUT2D eigenvalue weighted by atomic mass is 35.5.